The average molecular weight is 256 g/mol. The molecule has 0 saturated carbocycles. The second-order valence-corrected chi connectivity index (χ2v) is 5.81. The molecule has 1 aromatic carbocycles. The molecule has 0 radical (unpaired) electrons. The SMILES string of the molecule is CCCc1ccc(NS(=O)(=O)CCNC)cc1. The first-order valence-electron chi connectivity index (χ1n) is 5.81. The zero-order valence-electron chi connectivity index (χ0n) is 10.4. The van der Waals surface area contributed by atoms with Crippen molar-refractivity contribution in [3.05, 3.63) is 29.8 Å². The van der Waals surface area contributed by atoms with Crippen LogP contribution in [0.5, 0.6) is 0 Å². The average Bonchev–Trinajstić information content (AvgIpc) is 2.29. The van der Waals surface area contributed by atoms with Crippen LogP contribution in [0.3, 0.4) is 0 Å². The molecule has 1 aromatic rings. The van der Waals surface area contributed by atoms with Crippen molar-refractivity contribution < 1.29 is 8.42 Å². The quantitative estimate of drug-likeness (QED) is 0.779. The van der Waals surface area contributed by atoms with Gasteiger partial charge in [0.15, 0.2) is 0 Å². The van der Waals surface area contributed by atoms with Crippen LogP contribution in [0, 0.1) is 0 Å². The summed E-state index contributed by atoms with van der Waals surface area (Å²) >= 11 is 0. The second kappa shape index (κ2) is 6.61. The molecule has 0 aliphatic carbocycles. The van der Waals surface area contributed by atoms with E-state index in [1.165, 1.54) is 5.56 Å². The Morgan fingerprint density at radius 1 is 1.18 bits per heavy atom. The molecule has 0 bridgehead atoms. The maximum atomic E-state index is 11.6. The number of sulfonamides is 1. The van der Waals surface area contributed by atoms with Gasteiger partial charge in [0.05, 0.1) is 5.75 Å². The fourth-order valence-corrected chi connectivity index (χ4v) is 2.57. The smallest absolute Gasteiger partial charge is 0.233 e. The predicted molar refractivity (Wildman–Crippen MR) is 71.8 cm³/mol. The van der Waals surface area contributed by atoms with E-state index in [1.807, 2.05) is 24.3 Å². The molecule has 0 atom stereocenters. The Morgan fingerprint density at radius 3 is 2.35 bits per heavy atom. The number of hydrogen-bond acceptors (Lipinski definition) is 3. The van der Waals surface area contributed by atoms with Gasteiger partial charge >= 0.3 is 0 Å². The molecule has 96 valence electrons. The van der Waals surface area contributed by atoms with Crippen LogP contribution in [0.2, 0.25) is 0 Å². The molecule has 0 fully saturated rings. The van der Waals surface area contributed by atoms with E-state index >= 15 is 0 Å². The van der Waals surface area contributed by atoms with Gasteiger partial charge in [0.2, 0.25) is 10.0 Å². The van der Waals surface area contributed by atoms with Crippen molar-refractivity contribution in [2.24, 2.45) is 0 Å². The molecule has 0 aliphatic heterocycles. The molecule has 0 aliphatic rings. The highest BCUT2D eigenvalue weighted by Gasteiger charge is 2.08. The molecule has 2 N–H and O–H groups in total. The number of anilines is 1. The van der Waals surface area contributed by atoms with Crippen molar-refractivity contribution in [1.82, 2.24) is 5.32 Å². The lowest BCUT2D eigenvalue weighted by Gasteiger charge is -2.08. The Hall–Kier alpha value is -1.07. The van der Waals surface area contributed by atoms with Crippen LogP contribution >= 0.6 is 0 Å². The first kappa shape index (κ1) is 14.0. The molecule has 0 amide bonds. The third kappa shape index (κ3) is 5.19. The highest BCUT2D eigenvalue weighted by molar-refractivity contribution is 7.92. The van der Waals surface area contributed by atoms with Crippen molar-refractivity contribution in [3.63, 3.8) is 0 Å². The summed E-state index contributed by atoms with van der Waals surface area (Å²) in [5.74, 6) is 0.0835. The minimum Gasteiger partial charge on any atom is -0.319 e. The van der Waals surface area contributed by atoms with Gasteiger partial charge in [-0.1, -0.05) is 25.5 Å². The Bertz CT molecular complexity index is 426. The van der Waals surface area contributed by atoms with E-state index in [1.54, 1.807) is 7.05 Å². The molecule has 1 rings (SSSR count). The lowest BCUT2D eigenvalue weighted by atomic mass is 10.1. The number of rotatable bonds is 7. The van der Waals surface area contributed by atoms with Crippen LogP contribution in [-0.2, 0) is 16.4 Å². The van der Waals surface area contributed by atoms with E-state index in [4.69, 9.17) is 0 Å². The number of benzene rings is 1. The Kier molecular flexibility index (Phi) is 5.44. The summed E-state index contributed by atoms with van der Waals surface area (Å²) in [6.45, 7) is 2.57. The molecule has 5 heteroatoms. The van der Waals surface area contributed by atoms with Crippen molar-refractivity contribution >= 4 is 15.7 Å². The minimum atomic E-state index is -3.23. The van der Waals surface area contributed by atoms with Crippen molar-refractivity contribution in [3.8, 4) is 0 Å². The largest absolute Gasteiger partial charge is 0.319 e. The van der Waals surface area contributed by atoms with Crippen LogP contribution in [0.15, 0.2) is 24.3 Å². The van der Waals surface area contributed by atoms with Crippen molar-refractivity contribution in [2.75, 3.05) is 24.1 Å². The Morgan fingerprint density at radius 2 is 1.82 bits per heavy atom. The second-order valence-electron chi connectivity index (χ2n) is 3.97. The summed E-state index contributed by atoms with van der Waals surface area (Å²) in [4.78, 5) is 0. The molecular formula is C12H20N2O2S. The summed E-state index contributed by atoms with van der Waals surface area (Å²) in [6, 6.07) is 7.53. The number of hydrogen-bond donors (Lipinski definition) is 2. The van der Waals surface area contributed by atoms with Crippen LogP contribution in [0.1, 0.15) is 18.9 Å². The van der Waals surface area contributed by atoms with Gasteiger partial charge in [0.25, 0.3) is 0 Å². The minimum absolute atomic E-state index is 0.0835. The maximum Gasteiger partial charge on any atom is 0.233 e. The van der Waals surface area contributed by atoms with Gasteiger partial charge in [-0.2, -0.15) is 0 Å². The monoisotopic (exact) mass is 256 g/mol. The zero-order chi connectivity index (χ0) is 12.7. The van der Waals surface area contributed by atoms with Crippen LogP contribution in [-0.4, -0.2) is 27.8 Å². The summed E-state index contributed by atoms with van der Waals surface area (Å²) in [5, 5.41) is 2.82. The van der Waals surface area contributed by atoms with E-state index in [-0.39, 0.29) is 5.75 Å². The molecule has 4 nitrogen and oxygen atoms in total. The van der Waals surface area contributed by atoms with Crippen molar-refractivity contribution in [1.29, 1.82) is 0 Å². The molecule has 0 saturated heterocycles. The maximum absolute atomic E-state index is 11.6. The highest BCUT2D eigenvalue weighted by atomic mass is 32.2. The summed E-state index contributed by atoms with van der Waals surface area (Å²) < 4.78 is 25.8. The number of aryl methyl sites for hydroxylation is 1. The Labute approximate surface area is 103 Å². The van der Waals surface area contributed by atoms with Crippen LogP contribution in [0.25, 0.3) is 0 Å². The highest BCUT2D eigenvalue weighted by Crippen LogP contribution is 2.12. The van der Waals surface area contributed by atoms with E-state index in [0.717, 1.165) is 12.8 Å². The summed E-state index contributed by atoms with van der Waals surface area (Å²) in [5.41, 5.74) is 1.85. The summed E-state index contributed by atoms with van der Waals surface area (Å²) in [6.07, 6.45) is 2.11. The molecule has 17 heavy (non-hydrogen) atoms. The van der Waals surface area contributed by atoms with E-state index in [2.05, 4.69) is 17.0 Å². The molecule has 0 heterocycles. The van der Waals surface area contributed by atoms with Gasteiger partial charge < -0.3 is 5.32 Å². The molecule has 0 spiro atoms. The van der Waals surface area contributed by atoms with E-state index in [9.17, 15) is 8.42 Å². The standard InChI is InChI=1S/C12H20N2O2S/c1-3-4-11-5-7-12(8-6-11)14-17(15,16)10-9-13-2/h5-8,13-14H,3-4,9-10H2,1-2H3. The van der Waals surface area contributed by atoms with Gasteiger partial charge in [0.1, 0.15) is 0 Å². The fourth-order valence-electron chi connectivity index (χ4n) is 1.50. The van der Waals surface area contributed by atoms with E-state index in [0.29, 0.717) is 12.2 Å². The zero-order valence-corrected chi connectivity index (χ0v) is 11.2. The fraction of sp³-hybridized carbons (Fsp3) is 0.500. The van der Waals surface area contributed by atoms with Gasteiger partial charge in [-0.15, -0.1) is 0 Å². The van der Waals surface area contributed by atoms with Gasteiger partial charge in [-0.05, 0) is 31.2 Å². The first-order chi connectivity index (χ1) is 8.07. The molecular weight excluding hydrogens is 236 g/mol. The van der Waals surface area contributed by atoms with Crippen LogP contribution in [0.4, 0.5) is 5.69 Å². The van der Waals surface area contributed by atoms with Crippen LogP contribution < -0.4 is 10.0 Å². The lowest BCUT2D eigenvalue weighted by molar-refractivity contribution is 0.598. The lowest BCUT2D eigenvalue weighted by Crippen LogP contribution is -2.24. The normalized spacial score (nSPS) is 11.4. The van der Waals surface area contributed by atoms with Gasteiger partial charge in [0, 0.05) is 12.2 Å². The topological polar surface area (TPSA) is 58.2 Å². The molecule has 0 aromatic heterocycles. The van der Waals surface area contributed by atoms with Gasteiger partial charge in [-0.25, -0.2) is 8.42 Å². The van der Waals surface area contributed by atoms with Gasteiger partial charge in [-0.3, -0.25) is 4.72 Å². The first-order valence-corrected chi connectivity index (χ1v) is 7.46. The Balaban J connectivity index is 2.62. The third-order valence-corrected chi connectivity index (χ3v) is 3.68. The predicted octanol–water partition coefficient (Wildman–Crippen LogP) is 1.60. The molecule has 0 unspecified atom stereocenters. The van der Waals surface area contributed by atoms with E-state index < -0.39 is 10.0 Å². The number of nitrogens with one attached hydrogen (secondary N) is 2. The summed E-state index contributed by atoms with van der Waals surface area (Å²) in [7, 11) is -1.50. The third-order valence-electron chi connectivity index (χ3n) is 2.39. The van der Waals surface area contributed by atoms with Crippen molar-refractivity contribution in [2.45, 2.75) is 19.8 Å².